The van der Waals surface area contributed by atoms with Crippen molar-refractivity contribution in [3.63, 3.8) is 0 Å². The summed E-state index contributed by atoms with van der Waals surface area (Å²) in [6.45, 7) is 0. The summed E-state index contributed by atoms with van der Waals surface area (Å²) in [5.41, 5.74) is 3.32. The smallest absolute Gasteiger partial charge is 1.00 e. The van der Waals surface area contributed by atoms with Gasteiger partial charge in [-0.1, -0.05) is 42.5 Å². The van der Waals surface area contributed by atoms with E-state index in [0.29, 0.717) is 21.8 Å². The molecule has 4 aromatic carbocycles. The van der Waals surface area contributed by atoms with Gasteiger partial charge in [0.15, 0.2) is 5.78 Å². The Kier molecular flexibility index (Phi) is 11.6. The average Bonchev–Trinajstić information content (AvgIpc) is 2.98. The van der Waals surface area contributed by atoms with E-state index >= 15 is 0 Å². The first-order valence-electron chi connectivity index (χ1n) is 13.3. The molecule has 0 amide bonds. The summed E-state index contributed by atoms with van der Waals surface area (Å²) < 4.78 is 50.1. The van der Waals surface area contributed by atoms with E-state index in [1.165, 1.54) is 6.07 Å². The number of aryl methyl sites for hydroxylation is 2. The SMILES string of the molecule is O=C1CCCc2cc(S(=O)(=O)c3ccccc3)ccc21.O=S(=O)(c1ccccc1)c1ccc2c(c1)CCCC2O.[B].[H-].[Na+]. The number of hydrogen-bond acceptors (Lipinski definition) is 6. The summed E-state index contributed by atoms with van der Waals surface area (Å²) in [6.07, 6.45) is 4.11. The number of benzene rings is 4. The van der Waals surface area contributed by atoms with E-state index in [-0.39, 0.29) is 55.0 Å². The van der Waals surface area contributed by atoms with E-state index in [4.69, 9.17) is 0 Å². The van der Waals surface area contributed by atoms with Crippen LogP contribution < -0.4 is 29.6 Å². The number of sulfone groups is 2. The number of ketones is 1. The summed E-state index contributed by atoms with van der Waals surface area (Å²) in [5, 5.41) is 9.92. The van der Waals surface area contributed by atoms with Crippen LogP contribution in [0.5, 0.6) is 0 Å². The minimum atomic E-state index is -3.50. The van der Waals surface area contributed by atoms with Crippen LogP contribution in [0.4, 0.5) is 0 Å². The Hall–Kier alpha value is -2.53. The van der Waals surface area contributed by atoms with E-state index in [9.17, 15) is 26.7 Å². The van der Waals surface area contributed by atoms with Crippen molar-refractivity contribution in [3.05, 3.63) is 119 Å². The van der Waals surface area contributed by atoms with E-state index in [2.05, 4.69) is 0 Å². The number of Topliss-reactive ketones (excluding diaryl/α,β-unsaturated/α-hetero) is 1. The molecule has 0 bridgehead atoms. The Balaban J connectivity index is 0.000000281. The minimum Gasteiger partial charge on any atom is -1.00 e. The van der Waals surface area contributed by atoms with Crippen LogP contribution in [0.3, 0.4) is 0 Å². The van der Waals surface area contributed by atoms with E-state index in [0.717, 1.165) is 48.8 Å². The molecule has 0 saturated carbocycles. The van der Waals surface area contributed by atoms with Crippen molar-refractivity contribution in [1.29, 1.82) is 0 Å². The molecule has 10 heteroatoms. The molecule has 0 fully saturated rings. The number of carbonyl (C=O) groups is 1. The molecule has 4 aromatic rings. The van der Waals surface area contributed by atoms with Crippen molar-refractivity contribution in [2.45, 2.75) is 64.2 Å². The topological polar surface area (TPSA) is 106 Å². The van der Waals surface area contributed by atoms with Crippen LogP contribution in [-0.4, -0.2) is 36.1 Å². The van der Waals surface area contributed by atoms with Gasteiger partial charge in [0.1, 0.15) is 0 Å². The molecule has 0 spiro atoms. The molecule has 1 atom stereocenters. The molecule has 211 valence electrons. The van der Waals surface area contributed by atoms with Gasteiger partial charge in [0, 0.05) is 20.4 Å². The third-order valence-corrected chi connectivity index (χ3v) is 10.9. The van der Waals surface area contributed by atoms with Gasteiger partial charge in [-0.15, -0.1) is 0 Å². The first kappa shape index (κ1) is 34.0. The largest absolute Gasteiger partial charge is 1.00 e. The van der Waals surface area contributed by atoms with Gasteiger partial charge in [0.25, 0.3) is 0 Å². The summed E-state index contributed by atoms with van der Waals surface area (Å²) in [6, 6.07) is 26.7. The molecular formula is C32H31BNaO6S2. The van der Waals surface area contributed by atoms with Crippen molar-refractivity contribution in [2.75, 3.05) is 0 Å². The second-order valence-corrected chi connectivity index (χ2v) is 13.9. The number of hydrogen-bond donors (Lipinski definition) is 1. The fourth-order valence-corrected chi connectivity index (χ4v) is 7.86. The molecule has 0 aliphatic heterocycles. The second-order valence-electron chi connectivity index (χ2n) is 10.00. The van der Waals surface area contributed by atoms with Crippen LogP contribution in [0.15, 0.2) is 117 Å². The molecule has 2 aliphatic carbocycles. The van der Waals surface area contributed by atoms with Crippen LogP contribution in [0.1, 0.15) is 60.3 Å². The van der Waals surface area contributed by atoms with Crippen LogP contribution in [-0.2, 0) is 32.5 Å². The predicted molar refractivity (Wildman–Crippen MR) is 159 cm³/mol. The zero-order chi connectivity index (χ0) is 28.3. The molecule has 0 aromatic heterocycles. The number of rotatable bonds is 4. The molecule has 2 aliphatic rings. The molecule has 6 rings (SSSR count). The normalized spacial score (nSPS) is 15.9. The number of aliphatic hydroxyl groups excluding tert-OH is 1. The third kappa shape index (κ3) is 7.16. The van der Waals surface area contributed by atoms with Crippen molar-refractivity contribution in [1.82, 2.24) is 0 Å². The minimum absolute atomic E-state index is 0. The summed E-state index contributed by atoms with van der Waals surface area (Å²) >= 11 is 0. The maximum absolute atomic E-state index is 12.5. The molecule has 42 heavy (non-hydrogen) atoms. The number of carbonyl (C=O) groups excluding carboxylic acids is 1. The van der Waals surface area contributed by atoms with E-state index in [1.807, 2.05) is 0 Å². The predicted octanol–water partition coefficient (Wildman–Crippen LogP) is 2.66. The van der Waals surface area contributed by atoms with Gasteiger partial charge in [-0.25, -0.2) is 16.8 Å². The average molecular weight is 610 g/mol. The first-order valence-corrected chi connectivity index (χ1v) is 16.2. The molecule has 0 saturated heterocycles. The van der Waals surface area contributed by atoms with Crippen molar-refractivity contribution in [2.24, 2.45) is 0 Å². The van der Waals surface area contributed by atoms with Gasteiger partial charge in [-0.2, -0.15) is 0 Å². The summed E-state index contributed by atoms with van der Waals surface area (Å²) in [7, 11) is -6.97. The van der Waals surface area contributed by atoms with E-state index in [1.54, 1.807) is 91.0 Å². The Morgan fingerprint density at radius 1 is 0.619 bits per heavy atom. The zero-order valence-electron chi connectivity index (χ0n) is 24.4. The maximum atomic E-state index is 12.5. The van der Waals surface area contributed by atoms with Crippen molar-refractivity contribution >= 4 is 33.9 Å². The number of aliphatic hydroxyl groups is 1. The molecule has 0 heterocycles. The van der Waals surface area contributed by atoms with Crippen LogP contribution >= 0.6 is 0 Å². The Morgan fingerprint density at radius 2 is 1.12 bits per heavy atom. The monoisotopic (exact) mass is 609 g/mol. The molecule has 6 nitrogen and oxygen atoms in total. The zero-order valence-corrected chi connectivity index (χ0v) is 27.1. The van der Waals surface area contributed by atoms with Gasteiger partial charge < -0.3 is 6.53 Å². The quantitative estimate of drug-likeness (QED) is 0.357. The molecule has 1 N–H and O–H groups in total. The summed E-state index contributed by atoms with van der Waals surface area (Å²) in [4.78, 5) is 12.9. The van der Waals surface area contributed by atoms with Gasteiger partial charge in [-0.05, 0) is 103 Å². The third-order valence-electron chi connectivity index (χ3n) is 7.35. The van der Waals surface area contributed by atoms with Crippen LogP contribution in [0.2, 0.25) is 0 Å². The Morgan fingerprint density at radius 3 is 1.69 bits per heavy atom. The van der Waals surface area contributed by atoms with Gasteiger partial charge in [-0.3, -0.25) is 4.79 Å². The maximum Gasteiger partial charge on any atom is 1.00 e. The van der Waals surface area contributed by atoms with Gasteiger partial charge in [0.2, 0.25) is 19.7 Å². The Bertz CT molecular complexity index is 1770. The first-order chi connectivity index (χ1) is 19.2. The molecular weight excluding hydrogens is 578 g/mol. The van der Waals surface area contributed by atoms with Gasteiger partial charge in [0.05, 0.1) is 25.7 Å². The van der Waals surface area contributed by atoms with Crippen LogP contribution in [0.25, 0.3) is 0 Å². The molecule has 3 radical (unpaired) electrons. The summed E-state index contributed by atoms with van der Waals surface area (Å²) in [5.74, 6) is 0.106. The van der Waals surface area contributed by atoms with E-state index < -0.39 is 25.8 Å². The van der Waals surface area contributed by atoms with Crippen LogP contribution in [0, 0.1) is 0 Å². The second kappa shape index (κ2) is 14.3. The van der Waals surface area contributed by atoms with Crippen molar-refractivity contribution < 1.29 is 57.7 Å². The number of fused-ring (bicyclic) bond motifs is 2. The standard InChI is InChI=1S/C16H16O3S.C16H14O3S.B.Na.H/c2*17-16-8-4-5-12-11-14(9-10-15(12)16)20(18,19)13-6-2-1-3-7-13;;;/h1-3,6-7,9-11,16-17H,4-5,8H2;1-3,6-7,9-11H,4-5,8H2;;;/q;;;+1;-1. The van der Waals surface area contributed by atoms with Crippen molar-refractivity contribution in [3.8, 4) is 0 Å². The fraction of sp³-hybridized carbons (Fsp3) is 0.219. The fourth-order valence-electron chi connectivity index (χ4n) is 5.19. The Labute approximate surface area is 273 Å². The van der Waals surface area contributed by atoms with Gasteiger partial charge >= 0.3 is 29.6 Å². The molecule has 1 unspecified atom stereocenters.